The fraction of sp³-hybridized carbons (Fsp3) is 0.611. The van der Waals surface area contributed by atoms with Crippen molar-refractivity contribution < 1.29 is 9.53 Å². The molecule has 2 heterocycles. The van der Waals surface area contributed by atoms with Gasteiger partial charge >= 0.3 is 0 Å². The number of hydrogen-bond donors (Lipinski definition) is 1. The molecule has 1 amide bonds. The average Bonchev–Trinajstić information content (AvgIpc) is 2.95. The molecule has 0 aromatic carbocycles. The lowest BCUT2D eigenvalue weighted by Crippen LogP contribution is -2.37. The number of aromatic nitrogens is 2. The van der Waals surface area contributed by atoms with Gasteiger partial charge in [0, 0.05) is 10.9 Å². The number of nitrogens with zero attached hydrogens (tertiary/aromatic N) is 2. The highest BCUT2D eigenvalue weighted by atomic mass is 32.1. The molecule has 0 saturated carbocycles. The normalized spacial score (nSPS) is 17.1. The topological polar surface area (TPSA) is 64.1 Å². The summed E-state index contributed by atoms with van der Waals surface area (Å²) in [6.07, 6.45) is 6.71. The number of fused-ring (bicyclic) bond motifs is 3. The van der Waals surface area contributed by atoms with Crippen LogP contribution in [0.5, 0.6) is 5.88 Å². The monoisotopic (exact) mass is 347 g/mol. The third kappa shape index (κ3) is 3.53. The summed E-state index contributed by atoms with van der Waals surface area (Å²) in [5.41, 5.74) is 1.32. The van der Waals surface area contributed by atoms with Crippen molar-refractivity contribution in [3.63, 3.8) is 0 Å². The highest BCUT2D eigenvalue weighted by Gasteiger charge is 2.24. The van der Waals surface area contributed by atoms with E-state index in [0.29, 0.717) is 11.8 Å². The summed E-state index contributed by atoms with van der Waals surface area (Å²) in [6, 6.07) is 0.210. The molecule has 0 aliphatic heterocycles. The first-order valence-electron chi connectivity index (χ1n) is 8.79. The zero-order chi connectivity index (χ0) is 17.1. The molecule has 3 rings (SSSR count). The van der Waals surface area contributed by atoms with Crippen molar-refractivity contribution in [2.75, 3.05) is 6.61 Å². The maximum Gasteiger partial charge on any atom is 0.258 e. The smallest absolute Gasteiger partial charge is 0.258 e. The van der Waals surface area contributed by atoms with Crippen molar-refractivity contribution in [3.05, 3.63) is 16.8 Å². The first kappa shape index (κ1) is 17.1. The molecule has 2 aromatic heterocycles. The maximum absolute atomic E-state index is 12.1. The van der Waals surface area contributed by atoms with Crippen molar-refractivity contribution >= 4 is 27.5 Å². The largest absolute Gasteiger partial charge is 0.467 e. The number of ether oxygens (including phenoxy) is 1. The van der Waals surface area contributed by atoms with Gasteiger partial charge in [-0.3, -0.25) is 4.79 Å². The number of amides is 1. The van der Waals surface area contributed by atoms with Crippen LogP contribution in [0.3, 0.4) is 0 Å². The van der Waals surface area contributed by atoms with E-state index in [1.807, 2.05) is 0 Å². The number of rotatable bonds is 6. The van der Waals surface area contributed by atoms with Crippen molar-refractivity contribution in [3.8, 4) is 5.88 Å². The van der Waals surface area contributed by atoms with Crippen LogP contribution in [0.2, 0.25) is 0 Å². The van der Waals surface area contributed by atoms with E-state index in [1.54, 1.807) is 11.3 Å². The third-order valence-electron chi connectivity index (χ3n) is 4.75. The van der Waals surface area contributed by atoms with Gasteiger partial charge in [-0.25, -0.2) is 9.97 Å². The summed E-state index contributed by atoms with van der Waals surface area (Å²) >= 11 is 1.74. The van der Waals surface area contributed by atoms with Crippen LogP contribution in [0.4, 0.5) is 0 Å². The molecule has 0 fully saturated rings. The Morgan fingerprint density at radius 1 is 1.42 bits per heavy atom. The molecule has 1 aliphatic carbocycles. The Morgan fingerprint density at radius 3 is 2.96 bits per heavy atom. The number of thiophene rings is 1. The molecular formula is C18H25N3O2S. The molecule has 5 nitrogen and oxygen atoms in total. The lowest BCUT2D eigenvalue weighted by atomic mass is 9.89. The van der Waals surface area contributed by atoms with E-state index < -0.39 is 0 Å². The van der Waals surface area contributed by atoms with Crippen LogP contribution in [0, 0.1) is 5.92 Å². The van der Waals surface area contributed by atoms with Crippen LogP contribution in [0.15, 0.2) is 6.33 Å². The first-order valence-corrected chi connectivity index (χ1v) is 9.61. The molecule has 0 radical (unpaired) electrons. The predicted octanol–water partition coefficient (Wildman–Crippen LogP) is 3.50. The molecule has 1 aliphatic rings. The average molecular weight is 347 g/mol. The van der Waals surface area contributed by atoms with Crippen molar-refractivity contribution in [2.45, 2.75) is 58.9 Å². The van der Waals surface area contributed by atoms with Gasteiger partial charge < -0.3 is 10.1 Å². The SMILES string of the molecule is CCC(CC)NC(=O)COc1ncnc2sc3c(c12)CCC(C)C3. The summed E-state index contributed by atoms with van der Waals surface area (Å²) < 4.78 is 5.77. The van der Waals surface area contributed by atoms with Crippen LogP contribution in [0.25, 0.3) is 10.2 Å². The van der Waals surface area contributed by atoms with Gasteiger partial charge in [-0.2, -0.15) is 0 Å². The molecule has 0 saturated heterocycles. The summed E-state index contributed by atoms with van der Waals surface area (Å²) in [7, 11) is 0. The van der Waals surface area contributed by atoms with Crippen LogP contribution >= 0.6 is 11.3 Å². The van der Waals surface area contributed by atoms with E-state index in [2.05, 4.69) is 36.1 Å². The lowest BCUT2D eigenvalue weighted by Gasteiger charge is -2.18. The fourth-order valence-electron chi connectivity index (χ4n) is 3.25. The molecular weight excluding hydrogens is 322 g/mol. The second kappa shape index (κ2) is 7.47. The Labute approximate surface area is 146 Å². The maximum atomic E-state index is 12.1. The first-order chi connectivity index (χ1) is 11.6. The van der Waals surface area contributed by atoms with E-state index in [9.17, 15) is 4.79 Å². The fourth-order valence-corrected chi connectivity index (χ4v) is 4.59. The molecule has 1 N–H and O–H groups in total. The number of hydrogen-bond acceptors (Lipinski definition) is 5. The van der Waals surface area contributed by atoms with Crippen molar-refractivity contribution in [2.24, 2.45) is 5.92 Å². The third-order valence-corrected chi connectivity index (χ3v) is 5.91. The summed E-state index contributed by atoms with van der Waals surface area (Å²) in [5.74, 6) is 1.17. The van der Waals surface area contributed by atoms with E-state index in [-0.39, 0.29) is 18.6 Å². The van der Waals surface area contributed by atoms with Gasteiger partial charge in [-0.05, 0) is 43.6 Å². The lowest BCUT2D eigenvalue weighted by molar-refractivity contribution is -0.123. The van der Waals surface area contributed by atoms with Crippen molar-refractivity contribution in [1.82, 2.24) is 15.3 Å². The minimum Gasteiger partial charge on any atom is -0.467 e. The van der Waals surface area contributed by atoms with Gasteiger partial charge in [0.25, 0.3) is 5.91 Å². The zero-order valence-corrected chi connectivity index (χ0v) is 15.4. The summed E-state index contributed by atoms with van der Waals surface area (Å²) in [4.78, 5) is 23.1. The number of carbonyl (C=O) groups is 1. The van der Waals surface area contributed by atoms with E-state index in [0.717, 1.165) is 35.9 Å². The molecule has 130 valence electrons. The standard InChI is InChI=1S/C18H25N3O2S/c1-4-12(5-2)21-15(22)9-23-17-16-13-7-6-11(3)8-14(13)24-18(16)20-10-19-17/h10-12H,4-9H2,1-3H3,(H,21,22). The summed E-state index contributed by atoms with van der Waals surface area (Å²) in [6.45, 7) is 6.44. The van der Waals surface area contributed by atoms with Gasteiger partial charge in [-0.1, -0.05) is 20.8 Å². The van der Waals surface area contributed by atoms with Gasteiger partial charge in [-0.15, -0.1) is 11.3 Å². The van der Waals surface area contributed by atoms with Crippen LogP contribution in [-0.4, -0.2) is 28.5 Å². The zero-order valence-electron chi connectivity index (χ0n) is 14.6. The predicted molar refractivity (Wildman–Crippen MR) is 96.6 cm³/mol. The van der Waals surface area contributed by atoms with Gasteiger partial charge in [0.1, 0.15) is 11.2 Å². The highest BCUT2D eigenvalue weighted by Crippen LogP contribution is 2.40. The highest BCUT2D eigenvalue weighted by molar-refractivity contribution is 7.18. The molecule has 0 bridgehead atoms. The molecule has 1 unspecified atom stereocenters. The Balaban J connectivity index is 1.77. The minimum absolute atomic E-state index is 0.00361. The molecule has 6 heteroatoms. The van der Waals surface area contributed by atoms with Crippen molar-refractivity contribution in [1.29, 1.82) is 0 Å². The minimum atomic E-state index is -0.0896. The van der Waals surface area contributed by atoms with E-state index in [1.165, 1.54) is 23.2 Å². The summed E-state index contributed by atoms with van der Waals surface area (Å²) in [5, 5.41) is 4.01. The molecule has 2 aromatic rings. The quantitative estimate of drug-likeness (QED) is 0.869. The number of aryl methyl sites for hydroxylation is 1. The molecule has 1 atom stereocenters. The Morgan fingerprint density at radius 2 is 2.21 bits per heavy atom. The van der Waals surface area contributed by atoms with Gasteiger partial charge in [0.15, 0.2) is 6.61 Å². The molecule has 24 heavy (non-hydrogen) atoms. The van der Waals surface area contributed by atoms with Crippen LogP contribution in [-0.2, 0) is 17.6 Å². The molecule has 0 spiro atoms. The van der Waals surface area contributed by atoms with Gasteiger partial charge in [0.2, 0.25) is 5.88 Å². The Kier molecular flexibility index (Phi) is 5.33. The number of carbonyl (C=O) groups excluding carboxylic acids is 1. The van der Waals surface area contributed by atoms with E-state index in [4.69, 9.17) is 4.74 Å². The van der Waals surface area contributed by atoms with Gasteiger partial charge in [0.05, 0.1) is 5.39 Å². The second-order valence-corrected chi connectivity index (χ2v) is 7.66. The number of nitrogens with one attached hydrogen (secondary N) is 1. The van der Waals surface area contributed by atoms with Crippen LogP contribution < -0.4 is 10.1 Å². The second-order valence-electron chi connectivity index (χ2n) is 6.58. The Hall–Kier alpha value is -1.69. The van der Waals surface area contributed by atoms with Crippen LogP contribution in [0.1, 0.15) is 50.5 Å². The Bertz CT molecular complexity index is 724. The van der Waals surface area contributed by atoms with E-state index >= 15 is 0 Å².